The number of hydrogen-bond donors (Lipinski definition) is 1. The van der Waals surface area contributed by atoms with E-state index in [1.807, 2.05) is 18.2 Å². The van der Waals surface area contributed by atoms with E-state index in [2.05, 4.69) is 82.3 Å². The third-order valence-corrected chi connectivity index (χ3v) is 8.43. The first-order valence-corrected chi connectivity index (χ1v) is 13.6. The molecule has 0 saturated heterocycles. The Morgan fingerprint density at radius 2 is 1.51 bits per heavy atom. The van der Waals surface area contributed by atoms with E-state index in [9.17, 15) is 9.90 Å². The van der Waals surface area contributed by atoms with E-state index in [-0.39, 0.29) is 5.41 Å². The summed E-state index contributed by atoms with van der Waals surface area (Å²) >= 11 is 0. The molecule has 0 unspecified atom stereocenters. The van der Waals surface area contributed by atoms with Gasteiger partial charge >= 0.3 is 0 Å². The first kappa shape index (κ1) is 26.9. The lowest BCUT2D eigenvalue weighted by molar-refractivity contribution is -0.129. The molecule has 0 aliphatic heterocycles. The molecule has 3 aromatic carbocycles. The van der Waals surface area contributed by atoms with Crippen LogP contribution in [0.3, 0.4) is 0 Å². The molecule has 4 rings (SSSR count). The lowest BCUT2D eigenvalue weighted by Gasteiger charge is -2.34. The van der Waals surface area contributed by atoms with E-state index in [1.54, 1.807) is 0 Å². The molecular weight excluding hydrogens is 456 g/mol. The summed E-state index contributed by atoms with van der Waals surface area (Å²) in [7, 11) is 0. The van der Waals surface area contributed by atoms with Gasteiger partial charge in [-0.25, -0.2) is 0 Å². The van der Waals surface area contributed by atoms with E-state index in [4.69, 9.17) is 4.74 Å². The second kappa shape index (κ2) is 11.5. The third-order valence-electron chi connectivity index (χ3n) is 8.43. The molecule has 0 atom stereocenters. The second-order valence-electron chi connectivity index (χ2n) is 10.6. The zero-order valence-electron chi connectivity index (χ0n) is 22.7. The number of aryl methyl sites for hydroxylation is 2. The fraction of sp³-hybridized carbons (Fsp3) is 0.382. The molecule has 3 nitrogen and oxygen atoms in total. The van der Waals surface area contributed by atoms with Crippen LogP contribution in [0.5, 0.6) is 0 Å². The average Bonchev–Trinajstić information content (AvgIpc) is 3.35. The van der Waals surface area contributed by atoms with Gasteiger partial charge in [0.05, 0.1) is 5.60 Å². The average molecular weight is 497 g/mol. The summed E-state index contributed by atoms with van der Waals surface area (Å²) in [5.41, 5.74) is 9.03. The van der Waals surface area contributed by atoms with E-state index >= 15 is 0 Å². The SMILES string of the molecule is CCC(CC)(c1ccc(/C=C/C2(O)CCCC2)c(C)c1)c1ccc(-c2ccc(COC=O)cc2)c(C)c1. The van der Waals surface area contributed by atoms with E-state index in [0.717, 1.165) is 49.7 Å². The van der Waals surface area contributed by atoms with Crippen LogP contribution in [0.1, 0.15) is 85.8 Å². The van der Waals surface area contributed by atoms with Gasteiger partial charge in [-0.1, -0.05) is 99.5 Å². The Kier molecular flexibility index (Phi) is 8.34. The van der Waals surface area contributed by atoms with Crippen molar-refractivity contribution < 1.29 is 14.6 Å². The molecular formula is C34H40O3. The Labute approximate surface area is 222 Å². The second-order valence-corrected chi connectivity index (χ2v) is 10.6. The highest BCUT2D eigenvalue weighted by molar-refractivity contribution is 5.68. The largest absolute Gasteiger partial charge is 0.463 e. The first-order chi connectivity index (χ1) is 17.8. The molecule has 0 amide bonds. The molecule has 1 fully saturated rings. The molecule has 37 heavy (non-hydrogen) atoms. The molecule has 0 heterocycles. The van der Waals surface area contributed by atoms with Gasteiger partial charge in [-0.15, -0.1) is 0 Å². The van der Waals surface area contributed by atoms with Crippen LogP contribution >= 0.6 is 0 Å². The Bertz CT molecular complexity index is 1240. The van der Waals surface area contributed by atoms with E-state index in [0.29, 0.717) is 13.1 Å². The van der Waals surface area contributed by atoms with E-state index < -0.39 is 5.60 Å². The maximum atomic E-state index is 10.7. The third kappa shape index (κ3) is 5.72. The minimum absolute atomic E-state index is 0.0595. The van der Waals surface area contributed by atoms with Crippen molar-refractivity contribution in [1.82, 2.24) is 0 Å². The number of benzene rings is 3. The number of carbonyl (C=O) groups excluding carboxylic acids is 1. The Hall–Kier alpha value is -3.17. The molecule has 3 heteroatoms. The maximum Gasteiger partial charge on any atom is 0.293 e. The minimum atomic E-state index is -0.634. The van der Waals surface area contributed by atoms with Gasteiger partial charge in [0.25, 0.3) is 6.47 Å². The monoisotopic (exact) mass is 496 g/mol. The summed E-state index contributed by atoms with van der Waals surface area (Å²) in [5, 5.41) is 10.7. The molecule has 3 aromatic rings. The summed E-state index contributed by atoms with van der Waals surface area (Å²) in [5.74, 6) is 0. The van der Waals surface area contributed by atoms with Crippen LogP contribution < -0.4 is 0 Å². The molecule has 1 N–H and O–H groups in total. The number of carbonyl (C=O) groups is 1. The first-order valence-electron chi connectivity index (χ1n) is 13.6. The Morgan fingerprint density at radius 3 is 2.08 bits per heavy atom. The number of ether oxygens (including phenoxy) is 1. The van der Waals surface area contributed by atoms with Crippen LogP contribution in [0.25, 0.3) is 17.2 Å². The molecule has 1 aliphatic rings. The number of rotatable bonds is 10. The summed E-state index contributed by atoms with van der Waals surface area (Å²) in [6, 6.07) is 21.9. The summed E-state index contributed by atoms with van der Waals surface area (Å²) in [6.07, 6.45) is 10.1. The fourth-order valence-corrected chi connectivity index (χ4v) is 5.99. The molecule has 1 saturated carbocycles. The summed E-state index contributed by atoms with van der Waals surface area (Å²) in [6.45, 7) is 9.71. The quantitative estimate of drug-likeness (QED) is 0.289. The molecule has 1 aliphatic carbocycles. The van der Waals surface area contributed by atoms with Crippen molar-refractivity contribution in [3.63, 3.8) is 0 Å². The minimum Gasteiger partial charge on any atom is -0.463 e. The van der Waals surface area contributed by atoms with Gasteiger partial charge in [-0.3, -0.25) is 4.79 Å². The van der Waals surface area contributed by atoms with Crippen LogP contribution in [0.4, 0.5) is 0 Å². The lowest BCUT2D eigenvalue weighted by Crippen LogP contribution is -2.26. The van der Waals surface area contributed by atoms with Crippen LogP contribution in [0.2, 0.25) is 0 Å². The van der Waals surface area contributed by atoms with Crippen molar-refractivity contribution in [2.24, 2.45) is 0 Å². The highest BCUT2D eigenvalue weighted by atomic mass is 16.5. The highest BCUT2D eigenvalue weighted by Crippen LogP contribution is 2.41. The van der Waals surface area contributed by atoms with Gasteiger partial charge in [-0.05, 0) is 84.0 Å². The van der Waals surface area contributed by atoms with Crippen LogP contribution in [0, 0.1) is 13.8 Å². The Morgan fingerprint density at radius 1 is 0.892 bits per heavy atom. The molecule has 0 radical (unpaired) electrons. The van der Waals surface area contributed by atoms with Gasteiger partial charge in [0.2, 0.25) is 0 Å². The Balaban J connectivity index is 1.63. The fourth-order valence-electron chi connectivity index (χ4n) is 5.99. The zero-order chi connectivity index (χ0) is 26.5. The summed E-state index contributed by atoms with van der Waals surface area (Å²) in [4.78, 5) is 10.5. The number of hydrogen-bond acceptors (Lipinski definition) is 3. The normalized spacial score (nSPS) is 15.3. The molecule has 0 spiro atoms. The van der Waals surface area contributed by atoms with Gasteiger partial charge in [0.1, 0.15) is 6.61 Å². The van der Waals surface area contributed by atoms with Gasteiger partial charge < -0.3 is 9.84 Å². The predicted octanol–water partition coefficient (Wildman–Crippen LogP) is 8.07. The molecule has 0 aromatic heterocycles. The summed E-state index contributed by atoms with van der Waals surface area (Å²) < 4.78 is 4.87. The predicted molar refractivity (Wildman–Crippen MR) is 152 cm³/mol. The van der Waals surface area contributed by atoms with Crippen molar-refractivity contribution in [3.8, 4) is 11.1 Å². The highest BCUT2D eigenvalue weighted by Gasteiger charge is 2.32. The standard InChI is InChI=1S/C34H40O3/c1-5-34(6-2,30-14-13-28(25(3)21-30)17-20-33(36)18-7-8-19-33)31-15-16-32(26(4)22-31)29-11-9-27(10-12-29)23-37-24-35/h9-17,20-22,24,36H,5-8,18-19,23H2,1-4H3/b20-17+. The molecule has 194 valence electrons. The van der Waals surface area contributed by atoms with Gasteiger partial charge in [0.15, 0.2) is 0 Å². The van der Waals surface area contributed by atoms with Crippen molar-refractivity contribution in [2.45, 2.75) is 83.8 Å². The number of aliphatic hydroxyl groups is 1. The van der Waals surface area contributed by atoms with Crippen molar-refractivity contribution >= 4 is 12.5 Å². The van der Waals surface area contributed by atoms with Crippen LogP contribution in [0.15, 0.2) is 66.7 Å². The van der Waals surface area contributed by atoms with Crippen molar-refractivity contribution in [3.05, 3.63) is 100 Å². The van der Waals surface area contributed by atoms with Crippen molar-refractivity contribution in [1.29, 1.82) is 0 Å². The zero-order valence-corrected chi connectivity index (χ0v) is 22.7. The van der Waals surface area contributed by atoms with Gasteiger partial charge in [-0.2, -0.15) is 0 Å². The maximum absolute atomic E-state index is 10.7. The molecule has 0 bridgehead atoms. The topological polar surface area (TPSA) is 46.5 Å². The van der Waals surface area contributed by atoms with Crippen LogP contribution in [-0.4, -0.2) is 17.2 Å². The van der Waals surface area contributed by atoms with Gasteiger partial charge in [0, 0.05) is 5.41 Å². The van der Waals surface area contributed by atoms with Crippen LogP contribution in [-0.2, 0) is 21.6 Å². The lowest BCUT2D eigenvalue weighted by atomic mass is 9.69. The smallest absolute Gasteiger partial charge is 0.293 e. The van der Waals surface area contributed by atoms with E-state index in [1.165, 1.54) is 33.4 Å². The van der Waals surface area contributed by atoms with Crippen molar-refractivity contribution in [2.75, 3.05) is 0 Å².